The summed E-state index contributed by atoms with van der Waals surface area (Å²) in [4.78, 5) is 12.3. The van der Waals surface area contributed by atoms with Crippen molar-refractivity contribution in [1.82, 2.24) is 5.43 Å². The first-order valence-corrected chi connectivity index (χ1v) is 8.81. The third kappa shape index (κ3) is 4.64. The van der Waals surface area contributed by atoms with Crippen LogP contribution in [0.5, 0.6) is 5.75 Å². The van der Waals surface area contributed by atoms with Gasteiger partial charge < -0.3 is 10.1 Å². The molecule has 0 radical (unpaired) electrons. The lowest BCUT2D eigenvalue weighted by molar-refractivity contribution is -0.121. The molecule has 2 N–H and O–H groups in total. The van der Waals surface area contributed by atoms with Crippen molar-refractivity contribution in [2.24, 2.45) is 5.10 Å². The molecule has 0 spiro atoms. The van der Waals surface area contributed by atoms with Gasteiger partial charge in [-0.3, -0.25) is 4.79 Å². The van der Waals surface area contributed by atoms with E-state index in [9.17, 15) is 4.79 Å². The number of nitrogens with zero attached hydrogens (tertiary/aromatic N) is 1. The molecule has 0 saturated heterocycles. The molecular weight excluding hydrogens is 338 g/mol. The van der Waals surface area contributed by atoms with Gasteiger partial charge in [-0.1, -0.05) is 30.3 Å². The van der Waals surface area contributed by atoms with Gasteiger partial charge >= 0.3 is 0 Å². The Morgan fingerprint density at radius 3 is 2.41 bits per heavy atom. The maximum atomic E-state index is 12.3. The number of amides is 1. The number of benzene rings is 3. The van der Waals surface area contributed by atoms with Crippen LogP contribution in [-0.2, 0) is 4.79 Å². The van der Waals surface area contributed by atoms with E-state index in [0.29, 0.717) is 0 Å². The topological polar surface area (TPSA) is 62.7 Å². The SMILES string of the molecule is COc1ccc(/C(C)=N\NC(=O)[C@H](C)Nc2ccc3ccccc3c2)cc1. The Morgan fingerprint density at radius 1 is 1.00 bits per heavy atom. The Balaban J connectivity index is 1.62. The third-order valence-corrected chi connectivity index (χ3v) is 4.37. The lowest BCUT2D eigenvalue weighted by atomic mass is 10.1. The van der Waals surface area contributed by atoms with Gasteiger partial charge in [-0.2, -0.15) is 5.10 Å². The highest BCUT2D eigenvalue weighted by atomic mass is 16.5. The summed E-state index contributed by atoms with van der Waals surface area (Å²) in [6.07, 6.45) is 0. The first-order chi connectivity index (χ1) is 13.1. The number of methoxy groups -OCH3 is 1. The minimum Gasteiger partial charge on any atom is -0.497 e. The summed E-state index contributed by atoms with van der Waals surface area (Å²) >= 11 is 0. The second-order valence-electron chi connectivity index (χ2n) is 6.33. The van der Waals surface area contributed by atoms with Crippen LogP contribution in [0.3, 0.4) is 0 Å². The average molecular weight is 361 g/mol. The third-order valence-electron chi connectivity index (χ3n) is 4.37. The zero-order valence-corrected chi connectivity index (χ0v) is 15.7. The van der Waals surface area contributed by atoms with Gasteiger partial charge in [0.25, 0.3) is 5.91 Å². The second kappa shape index (κ2) is 8.36. The van der Waals surface area contributed by atoms with E-state index in [1.54, 1.807) is 7.11 Å². The van der Waals surface area contributed by atoms with Crippen molar-refractivity contribution in [2.75, 3.05) is 12.4 Å². The van der Waals surface area contributed by atoms with Crippen LogP contribution in [0.1, 0.15) is 19.4 Å². The largest absolute Gasteiger partial charge is 0.497 e. The number of carbonyl (C=O) groups is 1. The summed E-state index contributed by atoms with van der Waals surface area (Å²) in [6, 6.07) is 21.3. The predicted molar refractivity (Wildman–Crippen MR) is 110 cm³/mol. The molecule has 138 valence electrons. The molecule has 0 saturated carbocycles. The van der Waals surface area contributed by atoms with Crippen LogP contribution in [0.4, 0.5) is 5.69 Å². The van der Waals surface area contributed by atoms with Gasteiger partial charge in [0.1, 0.15) is 11.8 Å². The van der Waals surface area contributed by atoms with Gasteiger partial charge in [-0.25, -0.2) is 5.43 Å². The molecule has 1 atom stereocenters. The van der Waals surface area contributed by atoms with Crippen LogP contribution < -0.4 is 15.5 Å². The standard InChI is InChI=1S/C22H23N3O2/c1-15(17-9-12-21(27-3)13-10-17)24-25-22(26)16(2)23-20-11-8-18-6-4-5-7-19(18)14-20/h4-14,16,23H,1-3H3,(H,25,26)/b24-15-/t16-/m0/s1. The highest BCUT2D eigenvalue weighted by molar-refractivity contribution is 5.99. The number of hydrogen-bond acceptors (Lipinski definition) is 4. The molecule has 0 aliphatic heterocycles. The molecule has 1 amide bonds. The summed E-state index contributed by atoms with van der Waals surface area (Å²) in [5.74, 6) is 0.583. The minimum absolute atomic E-state index is 0.198. The average Bonchev–Trinajstić information content (AvgIpc) is 2.71. The Kier molecular flexibility index (Phi) is 5.71. The normalized spacial score (nSPS) is 12.5. The van der Waals surface area contributed by atoms with Crippen molar-refractivity contribution in [3.8, 4) is 5.75 Å². The van der Waals surface area contributed by atoms with Crippen molar-refractivity contribution < 1.29 is 9.53 Å². The predicted octanol–water partition coefficient (Wildman–Crippen LogP) is 4.19. The zero-order valence-electron chi connectivity index (χ0n) is 15.7. The van der Waals surface area contributed by atoms with E-state index in [2.05, 4.69) is 21.9 Å². The summed E-state index contributed by atoms with van der Waals surface area (Å²) in [5, 5.41) is 9.71. The Morgan fingerprint density at radius 2 is 1.70 bits per heavy atom. The number of rotatable bonds is 6. The molecule has 3 aromatic rings. The number of hydrogen-bond donors (Lipinski definition) is 2. The lowest BCUT2D eigenvalue weighted by Gasteiger charge is -2.14. The summed E-state index contributed by atoms with van der Waals surface area (Å²) in [6.45, 7) is 3.66. The van der Waals surface area contributed by atoms with Crippen molar-refractivity contribution in [3.05, 3.63) is 72.3 Å². The Bertz CT molecular complexity index is 965. The van der Waals surface area contributed by atoms with Crippen molar-refractivity contribution in [3.63, 3.8) is 0 Å². The smallest absolute Gasteiger partial charge is 0.262 e. The molecule has 0 bridgehead atoms. The zero-order chi connectivity index (χ0) is 19.2. The number of ether oxygens (including phenoxy) is 1. The monoisotopic (exact) mass is 361 g/mol. The maximum absolute atomic E-state index is 12.3. The van der Waals surface area contributed by atoms with Crippen molar-refractivity contribution in [1.29, 1.82) is 0 Å². The van der Waals surface area contributed by atoms with Crippen LogP contribution in [0, 0.1) is 0 Å². The molecular formula is C22H23N3O2. The second-order valence-corrected chi connectivity index (χ2v) is 6.33. The molecule has 3 rings (SSSR count). The highest BCUT2D eigenvalue weighted by Gasteiger charge is 2.12. The van der Waals surface area contributed by atoms with Gasteiger partial charge in [0, 0.05) is 5.69 Å². The van der Waals surface area contributed by atoms with Crippen molar-refractivity contribution in [2.45, 2.75) is 19.9 Å². The van der Waals surface area contributed by atoms with E-state index in [-0.39, 0.29) is 5.91 Å². The van der Waals surface area contributed by atoms with E-state index in [1.807, 2.05) is 74.5 Å². The summed E-state index contributed by atoms with van der Waals surface area (Å²) in [7, 11) is 1.63. The fourth-order valence-electron chi connectivity index (χ4n) is 2.73. The number of carbonyl (C=O) groups excluding carboxylic acids is 1. The first-order valence-electron chi connectivity index (χ1n) is 8.81. The first kappa shape index (κ1) is 18.5. The fourth-order valence-corrected chi connectivity index (χ4v) is 2.73. The van der Waals surface area contributed by atoms with Gasteiger partial charge in [0.2, 0.25) is 0 Å². The van der Waals surface area contributed by atoms with E-state index >= 15 is 0 Å². The van der Waals surface area contributed by atoms with E-state index < -0.39 is 6.04 Å². The van der Waals surface area contributed by atoms with Gasteiger partial charge in [-0.05, 0) is 66.6 Å². The Labute approximate surface area is 159 Å². The molecule has 0 fully saturated rings. The van der Waals surface area contributed by atoms with Crippen LogP contribution in [-0.4, -0.2) is 24.8 Å². The molecule has 0 unspecified atom stereocenters. The summed E-state index contributed by atoms with van der Waals surface area (Å²) in [5.41, 5.74) is 5.17. The van der Waals surface area contributed by atoms with Crippen LogP contribution in [0.25, 0.3) is 10.8 Å². The minimum atomic E-state index is -0.418. The van der Waals surface area contributed by atoms with E-state index in [1.165, 1.54) is 5.39 Å². The number of anilines is 1. The molecule has 0 aliphatic carbocycles. The van der Waals surface area contributed by atoms with Crippen LogP contribution in [0.2, 0.25) is 0 Å². The number of nitrogens with one attached hydrogen (secondary N) is 2. The molecule has 3 aromatic carbocycles. The van der Waals surface area contributed by atoms with E-state index in [4.69, 9.17) is 4.74 Å². The van der Waals surface area contributed by atoms with Gasteiger partial charge in [0.15, 0.2) is 0 Å². The molecule has 27 heavy (non-hydrogen) atoms. The van der Waals surface area contributed by atoms with E-state index in [0.717, 1.165) is 28.1 Å². The van der Waals surface area contributed by atoms with Crippen LogP contribution in [0.15, 0.2) is 71.8 Å². The highest BCUT2D eigenvalue weighted by Crippen LogP contribution is 2.19. The number of fused-ring (bicyclic) bond motifs is 1. The van der Waals surface area contributed by atoms with Crippen LogP contribution >= 0.6 is 0 Å². The lowest BCUT2D eigenvalue weighted by Crippen LogP contribution is -2.35. The number of hydrazone groups is 1. The van der Waals surface area contributed by atoms with Gasteiger partial charge in [-0.15, -0.1) is 0 Å². The maximum Gasteiger partial charge on any atom is 0.262 e. The Hall–Kier alpha value is -3.34. The molecule has 0 aliphatic rings. The fraction of sp³-hybridized carbons (Fsp3) is 0.182. The molecule has 5 nitrogen and oxygen atoms in total. The van der Waals surface area contributed by atoms with Crippen molar-refractivity contribution >= 4 is 28.1 Å². The quantitative estimate of drug-likeness (QED) is 0.511. The molecule has 5 heteroatoms. The van der Waals surface area contributed by atoms with Gasteiger partial charge in [0.05, 0.1) is 12.8 Å². The summed E-state index contributed by atoms with van der Waals surface area (Å²) < 4.78 is 5.14. The molecule has 0 aromatic heterocycles. The molecule has 0 heterocycles.